The fourth-order valence-electron chi connectivity index (χ4n) is 2.98. The molecular weight excluding hydrogens is 404 g/mol. The summed E-state index contributed by atoms with van der Waals surface area (Å²) in [7, 11) is 4.95. The van der Waals surface area contributed by atoms with E-state index in [2.05, 4.69) is 15.5 Å². The Balaban J connectivity index is 1.45. The number of hydrogen-bond acceptors (Lipinski definition) is 7. The Morgan fingerprint density at radius 2 is 1.97 bits per heavy atom. The van der Waals surface area contributed by atoms with Crippen LogP contribution in [0.1, 0.15) is 0 Å². The number of nitrogens with one attached hydrogen (secondary N) is 1. The molecule has 1 N–H and O–H groups in total. The first-order valence-electron chi connectivity index (χ1n) is 9.12. The van der Waals surface area contributed by atoms with Crippen molar-refractivity contribution in [2.45, 2.75) is 5.16 Å². The van der Waals surface area contributed by atoms with Crippen molar-refractivity contribution in [1.29, 1.82) is 0 Å². The van der Waals surface area contributed by atoms with E-state index < -0.39 is 0 Å². The second-order valence-electron chi connectivity index (χ2n) is 6.42. The van der Waals surface area contributed by atoms with E-state index in [1.807, 2.05) is 41.9 Å². The summed E-state index contributed by atoms with van der Waals surface area (Å²) in [6.45, 7) is 0. The third kappa shape index (κ3) is 3.97. The van der Waals surface area contributed by atoms with E-state index in [1.54, 1.807) is 32.4 Å². The maximum absolute atomic E-state index is 12.5. The molecule has 4 aromatic rings. The number of nitrogens with zero attached hydrogens (tertiary/aromatic N) is 3. The standard InChI is InChI=1S/C21H20N4O4S/c1-25-20(18-10-13-6-4-5-7-16(13)29-18)23-24-21(25)30-12-19(26)22-15-11-14(27-2)8-9-17(15)28-3/h4-11H,12H2,1-3H3,(H,22,26). The van der Waals surface area contributed by atoms with Crippen LogP contribution in [0.4, 0.5) is 5.69 Å². The zero-order chi connectivity index (χ0) is 21.1. The van der Waals surface area contributed by atoms with Crippen LogP contribution in [0.3, 0.4) is 0 Å². The zero-order valence-corrected chi connectivity index (χ0v) is 17.5. The van der Waals surface area contributed by atoms with E-state index in [-0.39, 0.29) is 11.7 Å². The van der Waals surface area contributed by atoms with Crippen molar-refractivity contribution in [3.63, 3.8) is 0 Å². The number of rotatable bonds is 7. The van der Waals surface area contributed by atoms with Crippen LogP contribution in [0.5, 0.6) is 11.5 Å². The zero-order valence-electron chi connectivity index (χ0n) is 16.7. The van der Waals surface area contributed by atoms with Crippen LogP contribution in [0.25, 0.3) is 22.6 Å². The van der Waals surface area contributed by atoms with Crippen molar-refractivity contribution in [2.75, 3.05) is 25.3 Å². The third-order valence-corrected chi connectivity index (χ3v) is 5.51. The summed E-state index contributed by atoms with van der Waals surface area (Å²) >= 11 is 1.28. The minimum Gasteiger partial charge on any atom is -0.497 e. The average molecular weight is 424 g/mol. The van der Waals surface area contributed by atoms with Gasteiger partial charge in [0.05, 0.1) is 25.7 Å². The first-order valence-corrected chi connectivity index (χ1v) is 10.1. The number of benzene rings is 2. The number of carbonyl (C=O) groups is 1. The highest BCUT2D eigenvalue weighted by Gasteiger charge is 2.17. The number of amides is 1. The summed E-state index contributed by atoms with van der Waals surface area (Å²) < 4.78 is 18.2. The van der Waals surface area contributed by atoms with Gasteiger partial charge in [0, 0.05) is 18.5 Å². The van der Waals surface area contributed by atoms with E-state index in [9.17, 15) is 4.79 Å². The predicted molar refractivity (Wildman–Crippen MR) is 115 cm³/mol. The van der Waals surface area contributed by atoms with Crippen molar-refractivity contribution in [3.05, 3.63) is 48.5 Å². The number of fused-ring (bicyclic) bond motifs is 1. The number of furan rings is 1. The minimum atomic E-state index is -0.195. The number of aromatic nitrogens is 3. The van der Waals surface area contributed by atoms with Gasteiger partial charge in [-0.05, 0) is 24.3 Å². The lowest BCUT2D eigenvalue weighted by Gasteiger charge is -2.11. The molecule has 0 saturated heterocycles. The number of thioether (sulfide) groups is 1. The molecule has 2 heterocycles. The van der Waals surface area contributed by atoms with Gasteiger partial charge in [-0.2, -0.15) is 0 Å². The molecule has 0 aliphatic carbocycles. The molecule has 0 aliphatic heterocycles. The Labute approximate surface area is 177 Å². The molecule has 0 spiro atoms. The summed E-state index contributed by atoms with van der Waals surface area (Å²) in [6.07, 6.45) is 0. The number of ether oxygens (including phenoxy) is 2. The lowest BCUT2D eigenvalue weighted by atomic mass is 10.2. The lowest BCUT2D eigenvalue weighted by molar-refractivity contribution is -0.113. The van der Waals surface area contributed by atoms with E-state index in [4.69, 9.17) is 13.9 Å². The van der Waals surface area contributed by atoms with Gasteiger partial charge in [0.15, 0.2) is 16.7 Å². The first kappa shape index (κ1) is 19.8. The Morgan fingerprint density at radius 1 is 1.13 bits per heavy atom. The Hall–Kier alpha value is -3.46. The maximum atomic E-state index is 12.5. The van der Waals surface area contributed by atoms with Crippen LogP contribution < -0.4 is 14.8 Å². The van der Waals surface area contributed by atoms with E-state index in [1.165, 1.54) is 11.8 Å². The molecule has 30 heavy (non-hydrogen) atoms. The van der Waals surface area contributed by atoms with Crippen LogP contribution in [-0.4, -0.2) is 40.6 Å². The predicted octanol–water partition coefficient (Wildman–Crippen LogP) is 3.98. The fourth-order valence-corrected chi connectivity index (χ4v) is 3.69. The second-order valence-corrected chi connectivity index (χ2v) is 7.36. The minimum absolute atomic E-state index is 0.159. The molecule has 0 aliphatic rings. The number of methoxy groups -OCH3 is 2. The van der Waals surface area contributed by atoms with Crippen LogP contribution >= 0.6 is 11.8 Å². The second kappa shape index (κ2) is 8.50. The number of anilines is 1. The van der Waals surface area contributed by atoms with Gasteiger partial charge in [-0.25, -0.2) is 0 Å². The summed E-state index contributed by atoms with van der Waals surface area (Å²) in [4.78, 5) is 12.5. The molecule has 2 aromatic carbocycles. The Morgan fingerprint density at radius 3 is 2.73 bits per heavy atom. The van der Waals surface area contributed by atoms with Crippen molar-refractivity contribution in [1.82, 2.24) is 14.8 Å². The molecule has 154 valence electrons. The van der Waals surface area contributed by atoms with Gasteiger partial charge in [0.25, 0.3) is 0 Å². The molecule has 0 saturated carbocycles. The number of carbonyl (C=O) groups excluding carboxylic acids is 1. The molecule has 1 amide bonds. The maximum Gasteiger partial charge on any atom is 0.234 e. The molecule has 8 nitrogen and oxygen atoms in total. The number of hydrogen-bond donors (Lipinski definition) is 1. The molecule has 2 aromatic heterocycles. The van der Waals surface area contributed by atoms with Gasteiger partial charge in [-0.1, -0.05) is 30.0 Å². The molecule has 9 heteroatoms. The highest BCUT2D eigenvalue weighted by molar-refractivity contribution is 7.99. The number of para-hydroxylation sites is 1. The average Bonchev–Trinajstić information content (AvgIpc) is 3.35. The van der Waals surface area contributed by atoms with Crippen LogP contribution in [0.2, 0.25) is 0 Å². The smallest absolute Gasteiger partial charge is 0.234 e. The highest BCUT2D eigenvalue weighted by Crippen LogP contribution is 2.30. The van der Waals surface area contributed by atoms with Crippen molar-refractivity contribution in [3.8, 4) is 23.1 Å². The van der Waals surface area contributed by atoms with Crippen molar-refractivity contribution < 1.29 is 18.7 Å². The topological polar surface area (TPSA) is 91.4 Å². The van der Waals surface area contributed by atoms with Crippen LogP contribution in [-0.2, 0) is 11.8 Å². The van der Waals surface area contributed by atoms with Crippen molar-refractivity contribution >= 4 is 34.3 Å². The molecule has 0 fully saturated rings. The SMILES string of the molecule is COc1ccc(OC)c(NC(=O)CSc2nnc(-c3cc4ccccc4o3)n2C)c1. The Bertz CT molecular complexity index is 1170. The molecule has 0 bridgehead atoms. The normalized spacial score (nSPS) is 10.9. The molecule has 4 rings (SSSR count). The molecular formula is C21H20N4O4S. The quantitative estimate of drug-likeness (QED) is 0.449. The fraction of sp³-hybridized carbons (Fsp3) is 0.190. The first-order chi connectivity index (χ1) is 14.6. The largest absolute Gasteiger partial charge is 0.497 e. The van der Waals surface area contributed by atoms with E-state index >= 15 is 0 Å². The van der Waals surface area contributed by atoms with Gasteiger partial charge in [-0.3, -0.25) is 4.79 Å². The highest BCUT2D eigenvalue weighted by atomic mass is 32.2. The summed E-state index contributed by atoms with van der Waals surface area (Å²) in [6, 6.07) is 14.9. The summed E-state index contributed by atoms with van der Waals surface area (Å²) in [5.74, 6) is 2.38. The van der Waals surface area contributed by atoms with Crippen molar-refractivity contribution in [2.24, 2.45) is 7.05 Å². The molecule has 0 unspecified atom stereocenters. The third-order valence-electron chi connectivity index (χ3n) is 4.49. The summed E-state index contributed by atoms with van der Waals surface area (Å²) in [5.41, 5.74) is 1.33. The van der Waals surface area contributed by atoms with Crippen LogP contribution in [0, 0.1) is 0 Å². The van der Waals surface area contributed by atoms with Crippen LogP contribution in [0.15, 0.2) is 58.1 Å². The molecule has 0 radical (unpaired) electrons. The van der Waals surface area contributed by atoms with Gasteiger partial charge >= 0.3 is 0 Å². The summed E-state index contributed by atoms with van der Waals surface area (Å²) in [5, 5.41) is 12.9. The lowest BCUT2D eigenvalue weighted by Crippen LogP contribution is -2.15. The van der Waals surface area contributed by atoms with E-state index in [0.717, 1.165) is 11.0 Å². The van der Waals surface area contributed by atoms with Gasteiger partial charge in [0.1, 0.15) is 17.1 Å². The molecule has 0 atom stereocenters. The monoisotopic (exact) mass is 424 g/mol. The Kier molecular flexibility index (Phi) is 5.62. The van der Waals surface area contributed by atoms with Gasteiger partial charge in [0.2, 0.25) is 5.91 Å². The van der Waals surface area contributed by atoms with Gasteiger partial charge < -0.3 is 23.8 Å². The van der Waals surface area contributed by atoms with E-state index in [0.29, 0.717) is 33.9 Å². The van der Waals surface area contributed by atoms with Gasteiger partial charge in [-0.15, -0.1) is 10.2 Å².